The van der Waals surface area contributed by atoms with E-state index in [1.54, 1.807) is 4.90 Å². The van der Waals surface area contributed by atoms with E-state index in [0.29, 0.717) is 54.3 Å². The Bertz CT molecular complexity index is 2490. The largest absolute Gasteiger partial charge is 0.393 e. The lowest BCUT2D eigenvalue weighted by Gasteiger charge is -2.27. The molecule has 9 N–H and O–H groups in total. The van der Waals surface area contributed by atoms with Crippen LogP contribution in [0.5, 0.6) is 0 Å². The van der Waals surface area contributed by atoms with Crippen molar-refractivity contribution >= 4 is 29.3 Å². The number of carbonyl (C=O) groups is 3. The van der Waals surface area contributed by atoms with Crippen LogP contribution in [0.4, 0.5) is 8.78 Å². The molecule has 0 spiro atoms. The van der Waals surface area contributed by atoms with Crippen LogP contribution in [-0.4, -0.2) is 161 Å². The molecule has 13 fully saturated rings. The molecule has 0 radical (unpaired) electrons. The van der Waals surface area contributed by atoms with E-state index in [0.717, 1.165) is 178 Å². The quantitative estimate of drug-likeness (QED) is 0.0515. The molecule has 13 aliphatic rings. The number of rotatable bonds is 8. The fourth-order valence-electron chi connectivity index (χ4n) is 20.5. The molecule has 10 aliphatic carbocycles. The van der Waals surface area contributed by atoms with E-state index < -0.39 is 24.4 Å². The van der Waals surface area contributed by atoms with Gasteiger partial charge in [-0.05, 0) is 243 Å². The van der Waals surface area contributed by atoms with Crippen LogP contribution < -0.4 is 11.5 Å². The van der Waals surface area contributed by atoms with Gasteiger partial charge in [-0.25, -0.2) is 8.78 Å². The lowest BCUT2D eigenvalue weighted by Crippen LogP contribution is -2.35. The van der Waals surface area contributed by atoms with Crippen molar-refractivity contribution in [3.8, 4) is 18.2 Å². The predicted molar refractivity (Wildman–Crippen MR) is 342 cm³/mol. The van der Waals surface area contributed by atoms with Crippen LogP contribution in [0, 0.1) is 110 Å². The van der Waals surface area contributed by atoms with Crippen molar-refractivity contribution in [3.63, 3.8) is 0 Å². The molecule has 10 unspecified atom stereocenters. The summed E-state index contributed by atoms with van der Waals surface area (Å²) in [6, 6.07) is 4.74. The van der Waals surface area contributed by atoms with Gasteiger partial charge in [-0.15, -0.1) is 11.6 Å². The van der Waals surface area contributed by atoms with Gasteiger partial charge in [0.15, 0.2) is 0 Å². The Morgan fingerprint density at radius 3 is 1.07 bits per heavy atom. The Labute approximate surface area is 545 Å². The summed E-state index contributed by atoms with van der Waals surface area (Å²) in [6.45, 7) is 13.8. The number of nitrogens with two attached hydrogens (primary N) is 2. The van der Waals surface area contributed by atoms with Crippen molar-refractivity contribution in [2.75, 3.05) is 25.5 Å². The molecule has 10 saturated carbocycles. The second-order valence-electron chi connectivity index (χ2n) is 33.1. The molecule has 3 amide bonds. The smallest absolute Gasteiger partial charge is 0.238 e. The van der Waals surface area contributed by atoms with Gasteiger partial charge in [-0.1, -0.05) is 32.8 Å². The van der Waals surface area contributed by atoms with E-state index in [1.165, 1.54) is 9.80 Å². The first-order valence-corrected chi connectivity index (χ1v) is 35.2. The van der Waals surface area contributed by atoms with Crippen molar-refractivity contribution in [2.24, 2.45) is 92.5 Å². The van der Waals surface area contributed by atoms with Crippen LogP contribution in [0.1, 0.15) is 215 Å². The number of amides is 3. The summed E-state index contributed by atoms with van der Waals surface area (Å²) in [6.07, 6.45) is 21.6. The second kappa shape index (κ2) is 30.4. The van der Waals surface area contributed by atoms with E-state index in [-0.39, 0.29) is 114 Å². The third-order valence-electron chi connectivity index (χ3n) is 24.1. The molecule has 19 nitrogen and oxygen atoms in total. The topological polar surface area (TPSA) is 334 Å². The summed E-state index contributed by atoms with van der Waals surface area (Å²) in [4.78, 5) is 43.1. The molecule has 0 bridgehead atoms. The maximum Gasteiger partial charge on any atom is 0.238 e. The molecule has 3 heterocycles. The molecule has 91 heavy (non-hydrogen) atoms. The Morgan fingerprint density at radius 1 is 0.495 bits per heavy atom. The molecular weight excluding hydrogens is 1180 g/mol. The number of hydrogen-bond donors (Lipinski definition) is 7. The highest BCUT2D eigenvalue weighted by molar-refractivity contribution is 6.27. The SMILES string of the molecule is CC1(CCC(=O)N2C[C@@H](F)C[C@H]2C#N)C[C@H]2CC(O)C[C@H]2C1.CC1(N)C[C@H]2CC(O)C[C@H]2C1.CC1(N)C[C@H]2CC(O)C[C@H]2C1.CC1(N=[N+]=[N-])C[C@H]2CC(O)C[C@H]2C1.C[C@H]1C[C@@H](C#N)N(C(=O)CCC2(C)C[C@H]3CC(O)C[C@H]3C2)C1.N#C[C@@H]1C[C@H](F)CN1C(=O)CCl. The number of fused-ring (bicyclic) bond motifs is 5. The third kappa shape index (κ3) is 19.2. The number of halogens is 3. The van der Waals surface area contributed by atoms with Gasteiger partial charge in [0.1, 0.15) is 36.3 Å². The van der Waals surface area contributed by atoms with E-state index in [1.807, 2.05) is 19.1 Å². The normalized spacial score (nSPS) is 45.7. The van der Waals surface area contributed by atoms with Crippen molar-refractivity contribution in [2.45, 2.75) is 293 Å². The maximum atomic E-state index is 13.4. The highest BCUT2D eigenvalue weighted by atomic mass is 35.5. The molecular formula is C69H110ClF2N11O8. The third-order valence-corrected chi connectivity index (χ3v) is 24.4. The Morgan fingerprint density at radius 2 is 0.769 bits per heavy atom. The highest BCUT2D eigenvalue weighted by Gasteiger charge is 2.51. The zero-order valence-corrected chi connectivity index (χ0v) is 56.1. The van der Waals surface area contributed by atoms with Gasteiger partial charge in [0.25, 0.3) is 0 Å². The Kier molecular flexibility index (Phi) is 24.4. The molecule has 13 rings (SSSR count). The minimum Gasteiger partial charge on any atom is -0.393 e. The van der Waals surface area contributed by atoms with Crippen molar-refractivity contribution in [3.05, 3.63) is 10.4 Å². The Balaban J connectivity index is 0.000000144. The molecule has 26 atom stereocenters. The highest BCUT2D eigenvalue weighted by Crippen LogP contribution is 2.57. The van der Waals surface area contributed by atoms with Crippen molar-refractivity contribution < 1.29 is 48.7 Å². The first kappa shape index (κ1) is 72.9. The molecule has 0 aromatic heterocycles. The average molecular weight is 1300 g/mol. The van der Waals surface area contributed by atoms with Gasteiger partial charge in [-0.3, -0.25) is 14.4 Å². The second-order valence-corrected chi connectivity index (χ2v) is 33.4. The number of aliphatic hydroxyl groups excluding tert-OH is 5. The van der Waals surface area contributed by atoms with E-state index in [2.05, 4.69) is 50.7 Å². The van der Waals surface area contributed by atoms with E-state index in [9.17, 15) is 54.0 Å². The van der Waals surface area contributed by atoms with E-state index in [4.69, 9.17) is 39.1 Å². The fraction of sp³-hybridized carbons (Fsp3) is 0.913. The molecule has 3 aliphatic heterocycles. The number of nitrogens with zero attached hydrogens (tertiary/aromatic N) is 9. The number of azide groups is 1. The predicted octanol–water partition coefficient (Wildman–Crippen LogP) is 9.82. The fourth-order valence-corrected chi connectivity index (χ4v) is 20.6. The zero-order chi connectivity index (χ0) is 66.5. The molecule has 510 valence electrons. The van der Waals surface area contributed by atoms with E-state index >= 15 is 0 Å². The van der Waals surface area contributed by atoms with Gasteiger partial charge < -0.3 is 51.7 Å². The van der Waals surface area contributed by atoms with Crippen LogP contribution >= 0.6 is 11.6 Å². The van der Waals surface area contributed by atoms with Gasteiger partial charge in [0, 0.05) is 53.8 Å². The van der Waals surface area contributed by atoms with Crippen LogP contribution in [0.15, 0.2) is 5.11 Å². The van der Waals surface area contributed by atoms with Gasteiger partial charge in [0.2, 0.25) is 17.7 Å². The summed E-state index contributed by atoms with van der Waals surface area (Å²) >= 11 is 5.28. The molecule has 0 aromatic carbocycles. The van der Waals surface area contributed by atoms with Crippen LogP contribution in [0.2, 0.25) is 0 Å². The van der Waals surface area contributed by atoms with Gasteiger partial charge in [-0.2, -0.15) is 15.8 Å². The molecule has 22 heteroatoms. The number of likely N-dealkylation sites (tertiary alicyclic amines) is 3. The first-order chi connectivity index (χ1) is 42.7. The van der Waals surface area contributed by atoms with Crippen LogP contribution in [0.3, 0.4) is 0 Å². The summed E-state index contributed by atoms with van der Waals surface area (Å²) in [5, 5.41) is 78.3. The number of alkyl halides is 3. The number of aliphatic hydroxyl groups is 5. The molecule has 3 saturated heterocycles. The minimum absolute atomic E-state index is 0.00375. The van der Waals surface area contributed by atoms with Crippen LogP contribution in [-0.2, 0) is 14.4 Å². The molecule has 0 aromatic rings. The zero-order valence-electron chi connectivity index (χ0n) is 55.3. The standard InChI is InChI=1S/C18H28N2O2.C17H25FN2O2.C9H15N3O.2C9H17NO.C7H8ClFN2O/c1-12-5-15(10-19)20(11-12)17(22)3-4-18(2)8-13-6-16(21)7-14(13)9-18;1-17(7-11-4-15(21)5-12(11)8-17)3-2-16(22)20-10-13(18)6-14(20)9-19;1-9(11-12-10)4-6-2-8(13)3-7(6)5-9;2*1-9(10)4-6-2-8(11)3-7(6)5-9;8-2-7(12)11-4-5(9)1-6(11)3-10/h12-16,21H,3-9,11H2,1-2H3;11-15,21H,2-8,10H2,1H3;6-8,13H,2-5H2,1H3;2*6-8,11H,2-5,10H2,1H3;5-6H,1-2,4H2/t12-,13-,14+,15-,16?,18?;11-,12+,13-,14-,15?,17?;3*6-,7+,8?,9?;5-,6-/m00...0/s1. The van der Waals surface area contributed by atoms with Gasteiger partial charge in [0.05, 0.1) is 61.8 Å². The summed E-state index contributed by atoms with van der Waals surface area (Å²) in [7, 11) is 0. The van der Waals surface area contributed by atoms with Gasteiger partial charge >= 0.3 is 0 Å². The summed E-state index contributed by atoms with van der Waals surface area (Å²) < 4.78 is 26.1. The minimum atomic E-state index is -1.08. The summed E-state index contributed by atoms with van der Waals surface area (Å²) in [5.41, 5.74) is 20.8. The lowest BCUT2D eigenvalue weighted by molar-refractivity contribution is -0.132. The monoisotopic (exact) mass is 1290 g/mol. The number of hydrogen-bond acceptors (Lipinski definition) is 14. The maximum absolute atomic E-state index is 13.4. The Hall–Kier alpha value is -3.94. The average Bonchev–Trinajstić information content (AvgIpc) is 1.69. The van der Waals surface area contributed by atoms with Crippen molar-refractivity contribution in [1.82, 2.24) is 14.7 Å². The summed E-state index contributed by atoms with van der Waals surface area (Å²) in [5.74, 6) is 6.55. The van der Waals surface area contributed by atoms with Crippen molar-refractivity contribution in [1.29, 1.82) is 15.8 Å². The first-order valence-electron chi connectivity index (χ1n) is 34.7. The van der Waals surface area contributed by atoms with Crippen LogP contribution in [0.25, 0.3) is 10.4 Å². The number of carbonyl (C=O) groups excluding carboxylic acids is 3. The lowest BCUT2D eigenvalue weighted by atomic mass is 9.81. The number of nitriles is 3.